The van der Waals surface area contributed by atoms with E-state index in [-0.39, 0.29) is 33.5 Å². The Bertz CT molecular complexity index is 3340. The van der Waals surface area contributed by atoms with Gasteiger partial charge in [0.1, 0.15) is 0 Å². The van der Waals surface area contributed by atoms with E-state index in [9.17, 15) is 0 Å². The normalized spacial score (nSPS) is 13.2. The molecule has 2 aromatic heterocycles. The first-order valence-electron chi connectivity index (χ1n) is 25.2. The third kappa shape index (κ3) is 7.89. The fourth-order valence-corrected chi connectivity index (χ4v) is 11.2. The number of aromatic nitrogens is 1. The highest BCUT2D eigenvalue weighted by molar-refractivity contribution is 6.25. The summed E-state index contributed by atoms with van der Waals surface area (Å²) in [7, 11) is 0. The Kier molecular flexibility index (Phi) is 10.3. The Labute approximate surface area is 410 Å². The number of hydrogen-bond acceptors (Lipinski definition) is 0. The van der Waals surface area contributed by atoms with Crippen molar-refractivity contribution >= 4 is 59.6 Å². The van der Waals surface area contributed by atoms with Crippen LogP contribution in [0.25, 0.3) is 59.6 Å². The van der Waals surface area contributed by atoms with Crippen LogP contribution in [0.4, 0.5) is 0 Å². The lowest BCUT2D eigenvalue weighted by Crippen LogP contribution is -2.12. The van der Waals surface area contributed by atoms with Crippen molar-refractivity contribution in [3.05, 3.63) is 232 Å². The van der Waals surface area contributed by atoms with Gasteiger partial charge in [0.2, 0.25) is 0 Å². The second-order valence-corrected chi connectivity index (χ2v) is 24.3. The third-order valence-electron chi connectivity index (χ3n) is 15.4. The minimum absolute atomic E-state index is 0.0895. The van der Waals surface area contributed by atoms with Crippen molar-refractivity contribution in [2.45, 2.75) is 117 Å². The summed E-state index contributed by atoms with van der Waals surface area (Å²) < 4.78 is 2.56. The first-order valence-corrected chi connectivity index (χ1v) is 25.2. The van der Waals surface area contributed by atoms with Crippen LogP contribution in [0.5, 0.6) is 0 Å². The zero-order valence-corrected chi connectivity index (χ0v) is 42.8. The predicted octanol–water partition coefficient (Wildman–Crippen LogP) is 18.7. The van der Waals surface area contributed by atoms with Crippen LogP contribution in [0.3, 0.4) is 0 Å². The lowest BCUT2D eigenvalue weighted by molar-refractivity contribution is 0.589. The van der Waals surface area contributed by atoms with Crippen molar-refractivity contribution in [2.24, 2.45) is 0 Å². The van der Waals surface area contributed by atoms with E-state index in [0.717, 1.165) is 0 Å². The van der Waals surface area contributed by atoms with Gasteiger partial charge in [-0.25, -0.2) is 0 Å². The summed E-state index contributed by atoms with van der Waals surface area (Å²) in [5.74, 6) is 0.193. The molecule has 0 N–H and O–H groups in total. The van der Waals surface area contributed by atoms with Gasteiger partial charge in [0.05, 0.1) is 16.6 Å². The first-order chi connectivity index (χ1) is 32.7. The zero-order chi connectivity index (χ0) is 48.4. The lowest BCUT2D eigenvalue weighted by atomic mass is 9.80. The molecule has 0 saturated carbocycles. The van der Waals surface area contributed by atoms with Crippen molar-refractivity contribution in [3.63, 3.8) is 0 Å². The molecule has 1 heteroatoms. The van der Waals surface area contributed by atoms with E-state index in [2.05, 4.69) is 263 Å². The summed E-state index contributed by atoms with van der Waals surface area (Å²) in [5.41, 5.74) is 17.5. The molecule has 9 aromatic carbocycles. The van der Waals surface area contributed by atoms with Crippen molar-refractivity contribution < 1.29 is 0 Å². The minimum atomic E-state index is 0.0895. The van der Waals surface area contributed by atoms with Crippen LogP contribution in [0, 0.1) is 0 Å². The van der Waals surface area contributed by atoms with Crippen molar-refractivity contribution in [1.82, 2.24) is 4.40 Å². The highest BCUT2D eigenvalue weighted by Crippen LogP contribution is 2.44. The Morgan fingerprint density at radius 1 is 0.275 bits per heavy atom. The van der Waals surface area contributed by atoms with E-state index in [4.69, 9.17) is 0 Å². The number of benzene rings is 9. The molecule has 0 saturated heterocycles. The number of hydrogen-bond donors (Lipinski definition) is 0. The smallest absolute Gasteiger partial charge is 0.0620 e. The van der Waals surface area contributed by atoms with Crippen LogP contribution in [-0.4, -0.2) is 4.40 Å². The quantitative estimate of drug-likeness (QED) is 0.147. The largest absolute Gasteiger partial charge is 0.308 e. The van der Waals surface area contributed by atoms with Crippen LogP contribution >= 0.6 is 0 Å². The van der Waals surface area contributed by atoms with Gasteiger partial charge in [0.15, 0.2) is 0 Å². The van der Waals surface area contributed by atoms with Gasteiger partial charge < -0.3 is 4.40 Å². The third-order valence-corrected chi connectivity index (χ3v) is 15.4. The van der Waals surface area contributed by atoms with E-state index in [0.29, 0.717) is 0 Å². The van der Waals surface area contributed by atoms with Gasteiger partial charge in [0.25, 0.3) is 0 Å². The minimum Gasteiger partial charge on any atom is -0.308 e. The van der Waals surface area contributed by atoms with Gasteiger partial charge in [0, 0.05) is 33.4 Å². The van der Waals surface area contributed by atoms with E-state index in [1.54, 1.807) is 0 Å². The molecule has 0 unspecified atom stereocenters. The molecule has 0 bridgehead atoms. The van der Waals surface area contributed by atoms with E-state index >= 15 is 0 Å². The van der Waals surface area contributed by atoms with Crippen LogP contribution in [0.1, 0.15) is 151 Å². The summed E-state index contributed by atoms with van der Waals surface area (Å²) in [4.78, 5) is 0. The van der Waals surface area contributed by atoms with Crippen LogP contribution in [0.2, 0.25) is 0 Å². The van der Waals surface area contributed by atoms with Gasteiger partial charge in [-0.3, -0.25) is 0 Å². The Hall–Kier alpha value is -6.70. The summed E-state index contributed by atoms with van der Waals surface area (Å²) >= 11 is 0. The molecule has 0 aliphatic heterocycles. The predicted molar refractivity (Wildman–Crippen MR) is 299 cm³/mol. The zero-order valence-electron chi connectivity index (χ0n) is 42.8. The monoisotopic (exact) mass is 898 g/mol. The maximum Gasteiger partial charge on any atom is 0.0620 e. The topological polar surface area (TPSA) is 4.41 Å². The highest BCUT2D eigenvalue weighted by atomic mass is 14.9. The average molecular weight is 898 g/mol. The second kappa shape index (κ2) is 15.9. The highest BCUT2D eigenvalue weighted by Gasteiger charge is 2.25. The molecule has 69 heavy (non-hydrogen) atoms. The molecule has 0 radical (unpaired) electrons. The Morgan fingerprint density at radius 2 is 0.565 bits per heavy atom. The molecular formula is C68H67N. The number of rotatable bonds is 6. The SMILES string of the molecule is CC(C)(C)c1ccc(C(c2ccc(C(C)(C)C)cc2)c2ccc3cc4c5cccc6c7cc8ccc(C(c9ccc(C(C)(C)C)cc9)c9ccc(C(C)(C)C)cc9)cc8cc7n(c4cc3c2)c56)cc1. The molecule has 0 atom stereocenters. The average Bonchev–Trinajstić information content (AvgIpc) is 3.81. The molecule has 0 fully saturated rings. The maximum atomic E-state index is 2.56. The van der Waals surface area contributed by atoms with Crippen molar-refractivity contribution in [1.29, 1.82) is 0 Å². The molecule has 0 aliphatic carbocycles. The molecule has 0 aliphatic rings. The number of fused-ring (bicyclic) bond motifs is 8. The summed E-state index contributed by atoms with van der Waals surface area (Å²) in [5, 5.41) is 10.3. The van der Waals surface area contributed by atoms with Crippen LogP contribution in [-0.2, 0) is 21.7 Å². The molecule has 344 valence electrons. The molecule has 2 heterocycles. The second-order valence-electron chi connectivity index (χ2n) is 24.3. The maximum absolute atomic E-state index is 2.56. The fraction of sp³-hybridized carbons (Fsp3) is 0.265. The molecule has 11 rings (SSSR count). The number of nitrogens with zero attached hydrogens (tertiary/aromatic N) is 1. The lowest BCUT2D eigenvalue weighted by Gasteiger charge is -2.24. The molecule has 0 amide bonds. The van der Waals surface area contributed by atoms with E-state index < -0.39 is 0 Å². The summed E-state index contributed by atoms with van der Waals surface area (Å²) in [6, 6.07) is 68.6. The van der Waals surface area contributed by atoms with Gasteiger partial charge in [-0.05, 0) is 123 Å². The molecular weight excluding hydrogens is 831 g/mol. The van der Waals surface area contributed by atoms with Gasteiger partial charge in [-0.1, -0.05) is 235 Å². The molecule has 1 nitrogen and oxygen atoms in total. The summed E-state index contributed by atoms with van der Waals surface area (Å²) in [6.07, 6.45) is 0. The van der Waals surface area contributed by atoms with Crippen LogP contribution < -0.4 is 0 Å². The van der Waals surface area contributed by atoms with Gasteiger partial charge in [-0.15, -0.1) is 0 Å². The molecule has 0 spiro atoms. The standard InChI is InChI=1S/C68H67N/c1-65(2,3)52-28-20-42(21-29-52)62(43-22-30-53(31-23-43)66(4,5)6)48-18-16-46-38-58-56-14-13-15-57-59-39-47-17-19-49(37-51(47)41-61(59)69(64(56)57)60(58)40-50(46)36-48)63(44-24-32-54(33-25-44)67(7,8)9)45-26-34-55(35-27-45)68(10,11)12/h13-41,62-63H,1-12H3. The van der Waals surface area contributed by atoms with Gasteiger partial charge in [-0.2, -0.15) is 0 Å². The molecule has 11 aromatic rings. The van der Waals surface area contributed by atoms with Crippen LogP contribution in [0.15, 0.2) is 176 Å². The first kappa shape index (κ1) is 44.8. The van der Waals surface area contributed by atoms with E-state index in [1.165, 1.54) is 115 Å². The van der Waals surface area contributed by atoms with Crippen molar-refractivity contribution in [2.75, 3.05) is 0 Å². The van der Waals surface area contributed by atoms with Crippen molar-refractivity contribution in [3.8, 4) is 0 Å². The Balaban J connectivity index is 1.08. The van der Waals surface area contributed by atoms with Gasteiger partial charge >= 0.3 is 0 Å². The van der Waals surface area contributed by atoms with E-state index in [1.807, 2.05) is 0 Å². The fourth-order valence-electron chi connectivity index (χ4n) is 11.2. The summed E-state index contributed by atoms with van der Waals surface area (Å²) in [6.45, 7) is 27.5. The number of para-hydroxylation sites is 1. The Morgan fingerprint density at radius 3 is 0.855 bits per heavy atom.